The number of pyridine rings is 2. The van der Waals surface area contributed by atoms with Crippen molar-refractivity contribution in [3.05, 3.63) is 53.2 Å². The van der Waals surface area contributed by atoms with Crippen LogP contribution in [-0.2, 0) is 34.5 Å². The van der Waals surface area contributed by atoms with Crippen molar-refractivity contribution in [1.82, 2.24) is 14.3 Å². The number of ether oxygens (including phenoxy) is 2. The van der Waals surface area contributed by atoms with Crippen LogP contribution in [0.1, 0.15) is 16.7 Å². The molecule has 0 radical (unpaired) electrons. The predicted octanol–water partition coefficient (Wildman–Crippen LogP) is 1.99. The first-order valence-electron chi connectivity index (χ1n) is 9.54. The number of hydrogen-bond donors (Lipinski definition) is 1. The second kappa shape index (κ2) is 7.15. The van der Waals surface area contributed by atoms with Crippen LogP contribution in [0.15, 0.2) is 36.5 Å². The lowest BCUT2D eigenvalue weighted by atomic mass is 9.99. The molecule has 2 aliphatic rings. The summed E-state index contributed by atoms with van der Waals surface area (Å²) in [7, 11) is -2.23. The number of amides is 1. The molecule has 0 atom stereocenters. The van der Waals surface area contributed by atoms with Gasteiger partial charge in [0, 0.05) is 36.3 Å². The Morgan fingerprint density at radius 2 is 2.00 bits per heavy atom. The van der Waals surface area contributed by atoms with Crippen LogP contribution in [0.4, 0.5) is 16.2 Å². The Balaban J connectivity index is 1.61. The zero-order valence-corrected chi connectivity index (χ0v) is 17.4. The van der Waals surface area contributed by atoms with Crippen molar-refractivity contribution in [1.29, 1.82) is 0 Å². The van der Waals surface area contributed by atoms with Gasteiger partial charge in [-0.1, -0.05) is 6.07 Å². The average molecular weight is 441 g/mol. The van der Waals surface area contributed by atoms with Gasteiger partial charge in [-0.05, 0) is 35.7 Å². The van der Waals surface area contributed by atoms with Crippen LogP contribution in [0, 0.1) is 0 Å². The fraction of sp³-hybridized carbons (Fsp3) is 0.250. The number of methoxy groups -OCH3 is 1. The highest BCUT2D eigenvalue weighted by atomic mass is 32.2. The van der Waals surface area contributed by atoms with Crippen LogP contribution in [0.5, 0.6) is 5.88 Å². The maximum Gasteiger partial charge on any atom is 0.419 e. The topological polar surface area (TPSA) is 128 Å². The number of hydrogen-bond acceptors (Lipinski definition) is 7. The molecule has 3 aromatic rings. The maximum atomic E-state index is 12.8. The minimum Gasteiger partial charge on any atom is -0.481 e. The summed E-state index contributed by atoms with van der Waals surface area (Å²) in [6, 6.07) is 9.01. The minimum atomic E-state index is -3.75. The first-order valence-corrected chi connectivity index (χ1v) is 11.0. The third-order valence-electron chi connectivity index (χ3n) is 5.50. The maximum absolute atomic E-state index is 12.8. The van der Waals surface area contributed by atoms with E-state index in [0.29, 0.717) is 34.7 Å². The van der Waals surface area contributed by atoms with E-state index in [4.69, 9.17) is 14.6 Å². The quantitative estimate of drug-likeness (QED) is 0.658. The van der Waals surface area contributed by atoms with Gasteiger partial charge in [0.05, 0.1) is 18.5 Å². The molecular formula is C20H19N5O5S. The molecule has 160 valence electrons. The molecule has 10 nitrogen and oxygen atoms in total. The summed E-state index contributed by atoms with van der Waals surface area (Å²) < 4.78 is 35.1. The zero-order valence-electron chi connectivity index (χ0n) is 16.6. The second-order valence-electron chi connectivity index (χ2n) is 7.33. The van der Waals surface area contributed by atoms with E-state index in [2.05, 4.69) is 9.97 Å². The predicted molar refractivity (Wildman–Crippen MR) is 112 cm³/mol. The van der Waals surface area contributed by atoms with Gasteiger partial charge in [0.25, 0.3) is 10.2 Å². The molecule has 11 heteroatoms. The Labute approximate surface area is 178 Å². The molecule has 1 amide bonds. The normalized spacial score (nSPS) is 16.6. The monoisotopic (exact) mass is 441 g/mol. The van der Waals surface area contributed by atoms with Crippen LogP contribution >= 0.6 is 0 Å². The summed E-state index contributed by atoms with van der Waals surface area (Å²) in [6.07, 6.45) is 1.63. The van der Waals surface area contributed by atoms with Crippen molar-refractivity contribution in [2.75, 3.05) is 18.6 Å². The van der Waals surface area contributed by atoms with Gasteiger partial charge in [-0.2, -0.15) is 17.7 Å². The lowest BCUT2D eigenvalue weighted by Gasteiger charge is -2.31. The van der Waals surface area contributed by atoms with Crippen LogP contribution in [0.2, 0.25) is 0 Å². The highest BCUT2D eigenvalue weighted by molar-refractivity contribution is 7.86. The van der Waals surface area contributed by atoms with E-state index in [1.807, 2.05) is 18.2 Å². The average Bonchev–Trinajstić information content (AvgIpc) is 2.77. The summed E-state index contributed by atoms with van der Waals surface area (Å²) >= 11 is 0. The van der Waals surface area contributed by atoms with E-state index in [-0.39, 0.29) is 19.7 Å². The van der Waals surface area contributed by atoms with Gasteiger partial charge in [0.1, 0.15) is 6.61 Å². The van der Waals surface area contributed by atoms with Crippen molar-refractivity contribution in [2.45, 2.75) is 19.6 Å². The number of anilines is 2. The molecule has 2 N–H and O–H groups in total. The number of cyclic esters (lactones) is 1. The van der Waals surface area contributed by atoms with Gasteiger partial charge in [0.15, 0.2) is 5.65 Å². The van der Waals surface area contributed by atoms with Crippen LogP contribution in [-0.4, -0.2) is 42.4 Å². The lowest BCUT2D eigenvalue weighted by molar-refractivity contribution is 0.145. The Kier molecular flexibility index (Phi) is 4.54. The summed E-state index contributed by atoms with van der Waals surface area (Å²) in [5, 5.41) is 5.97. The number of benzene rings is 1. The Hall–Kier alpha value is -3.28. The molecule has 2 aliphatic heterocycles. The Bertz CT molecular complexity index is 1330. The molecule has 0 aliphatic carbocycles. The molecule has 0 saturated heterocycles. The molecule has 2 aromatic heterocycles. The molecule has 0 fully saturated rings. The highest BCUT2D eigenvalue weighted by Crippen LogP contribution is 2.39. The van der Waals surface area contributed by atoms with Crippen molar-refractivity contribution >= 4 is 38.7 Å². The molecule has 1 aromatic carbocycles. The molecule has 0 unspecified atom stereocenters. The molecule has 5 rings (SSSR count). The van der Waals surface area contributed by atoms with Gasteiger partial charge in [-0.25, -0.2) is 19.8 Å². The van der Waals surface area contributed by atoms with E-state index in [1.54, 1.807) is 18.3 Å². The summed E-state index contributed by atoms with van der Waals surface area (Å²) in [5.74, 6) is 0.429. The largest absolute Gasteiger partial charge is 0.481 e. The van der Waals surface area contributed by atoms with E-state index in [0.717, 1.165) is 16.7 Å². The third-order valence-corrected chi connectivity index (χ3v) is 6.53. The molecule has 31 heavy (non-hydrogen) atoms. The molecule has 0 bridgehead atoms. The van der Waals surface area contributed by atoms with Crippen molar-refractivity contribution in [3.63, 3.8) is 0 Å². The first-order chi connectivity index (χ1) is 14.8. The first kappa shape index (κ1) is 19.7. The van der Waals surface area contributed by atoms with Crippen molar-refractivity contribution < 1.29 is 22.7 Å². The van der Waals surface area contributed by atoms with Gasteiger partial charge in [-0.15, -0.1) is 0 Å². The standard InChI is InChI=1S/C20H19N5O5S/c1-29-17-5-4-16-18-14(9-22-19(16)23-17)11-30-20(26)25(18)15-3-2-13-10-24(31(21,27)28)7-6-12(13)8-15/h2-5,8-9H,6-7,10-11H2,1H3,(H2,21,27,28). The summed E-state index contributed by atoms with van der Waals surface area (Å²) in [5.41, 5.74) is 4.31. The highest BCUT2D eigenvalue weighted by Gasteiger charge is 2.31. The third kappa shape index (κ3) is 3.36. The lowest BCUT2D eigenvalue weighted by Crippen LogP contribution is -2.40. The van der Waals surface area contributed by atoms with Gasteiger partial charge < -0.3 is 9.47 Å². The number of nitrogens with two attached hydrogens (primary N) is 1. The van der Waals surface area contributed by atoms with E-state index in [9.17, 15) is 13.2 Å². The SMILES string of the molecule is COc1ccc2c3c(cnc2n1)COC(=O)N3c1ccc2c(c1)CCN(S(N)(=O)=O)C2. The number of fused-ring (bicyclic) bond motifs is 4. The molecule has 4 heterocycles. The minimum absolute atomic E-state index is 0.119. The van der Waals surface area contributed by atoms with Crippen LogP contribution in [0.3, 0.4) is 0 Å². The fourth-order valence-corrected chi connectivity index (χ4v) is 4.64. The number of carbonyl (C=O) groups is 1. The van der Waals surface area contributed by atoms with E-state index < -0.39 is 16.3 Å². The van der Waals surface area contributed by atoms with E-state index >= 15 is 0 Å². The number of rotatable bonds is 3. The van der Waals surface area contributed by atoms with Crippen molar-refractivity contribution in [3.8, 4) is 5.88 Å². The number of nitrogens with zero attached hydrogens (tertiary/aromatic N) is 4. The zero-order chi connectivity index (χ0) is 21.8. The Morgan fingerprint density at radius 3 is 2.77 bits per heavy atom. The molecule has 0 spiro atoms. The van der Waals surface area contributed by atoms with Crippen molar-refractivity contribution in [2.24, 2.45) is 5.14 Å². The molecular weight excluding hydrogens is 422 g/mol. The van der Waals surface area contributed by atoms with Crippen LogP contribution in [0.25, 0.3) is 11.0 Å². The summed E-state index contributed by atoms with van der Waals surface area (Å²) in [6.45, 7) is 0.604. The van der Waals surface area contributed by atoms with Gasteiger partial charge in [-0.3, -0.25) is 0 Å². The van der Waals surface area contributed by atoms with E-state index in [1.165, 1.54) is 16.3 Å². The van der Waals surface area contributed by atoms with Crippen LogP contribution < -0.4 is 14.8 Å². The summed E-state index contributed by atoms with van der Waals surface area (Å²) in [4.78, 5) is 23.1. The second-order valence-corrected chi connectivity index (χ2v) is 8.87. The number of aromatic nitrogens is 2. The smallest absolute Gasteiger partial charge is 0.419 e. The Morgan fingerprint density at radius 1 is 1.16 bits per heavy atom. The van der Waals surface area contributed by atoms with Gasteiger partial charge in [0.2, 0.25) is 5.88 Å². The fourth-order valence-electron chi connectivity index (χ4n) is 3.97. The van der Waals surface area contributed by atoms with Gasteiger partial charge >= 0.3 is 6.09 Å². The molecule has 0 saturated carbocycles. The number of carbonyl (C=O) groups excluding carboxylic acids is 1.